The van der Waals surface area contributed by atoms with Crippen LogP contribution in [-0.2, 0) is 16.1 Å². The van der Waals surface area contributed by atoms with E-state index in [4.69, 9.17) is 4.74 Å². The number of carbonyl (C=O) groups excluding carboxylic acids is 1. The van der Waals surface area contributed by atoms with Crippen LogP contribution in [0.3, 0.4) is 0 Å². The number of nitrogens with one attached hydrogen (secondary N) is 1. The SMILES string of the molecule is COC(=O)COc1cc(CNCC(C)C)ccc1[N+](=O)[O-]. The van der Waals surface area contributed by atoms with Crippen LogP contribution in [-0.4, -0.2) is 31.2 Å². The van der Waals surface area contributed by atoms with Gasteiger partial charge in [-0.2, -0.15) is 0 Å². The number of carbonyl (C=O) groups is 1. The van der Waals surface area contributed by atoms with Crippen molar-refractivity contribution >= 4 is 11.7 Å². The molecule has 0 saturated heterocycles. The van der Waals surface area contributed by atoms with Crippen molar-refractivity contribution in [1.82, 2.24) is 5.32 Å². The number of hydrogen-bond donors (Lipinski definition) is 1. The van der Waals surface area contributed by atoms with E-state index in [1.54, 1.807) is 12.1 Å². The summed E-state index contributed by atoms with van der Waals surface area (Å²) in [6.07, 6.45) is 0. The van der Waals surface area contributed by atoms with E-state index < -0.39 is 10.9 Å². The molecule has 0 saturated carbocycles. The van der Waals surface area contributed by atoms with Crippen molar-refractivity contribution in [2.45, 2.75) is 20.4 Å². The van der Waals surface area contributed by atoms with Crippen LogP contribution in [0.15, 0.2) is 18.2 Å². The Hall–Kier alpha value is -2.15. The number of nitrogens with zero attached hydrogens (tertiary/aromatic N) is 1. The second kappa shape index (κ2) is 8.21. The summed E-state index contributed by atoms with van der Waals surface area (Å²) in [6, 6.07) is 4.60. The predicted octanol–water partition coefficient (Wildman–Crippen LogP) is 1.89. The quantitative estimate of drug-likeness (QED) is 0.447. The van der Waals surface area contributed by atoms with Gasteiger partial charge in [0.15, 0.2) is 12.4 Å². The zero-order valence-corrected chi connectivity index (χ0v) is 12.4. The number of benzene rings is 1. The number of rotatable bonds is 8. The lowest BCUT2D eigenvalue weighted by atomic mass is 10.1. The summed E-state index contributed by atoms with van der Waals surface area (Å²) in [5.41, 5.74) is 0.674. The fraction of sp³-hybridized carbons (Fsp3) is 0.500. The van der Waals surface area contributed by atoms with Gasteiger partial charge >= 0.3 is 11.7 Å². The lowest BCUT2D eigenvalue weighted by molar-refractivity contribution is -0.385. The Bertz CT molecular complexity index is 502. The van der Waals surface area contributed by atoms with Crippen molar-refractivity contribution in [2.75, 3.05) is 20.3 Å². The first kappa shape index (κ1) is 16.9. The van der Waals surface area contributed by atoms with Gasteiger partial charge in [0.1, 0.15) is 0 Å². The lowest BCUT2D eigenvalue weighted by Gasteiger charge is -2.10. The molecule has 7 nitrogen and oxygen atoms in total. The number of nitro groups is 1. The van der Waals surface area contributed by atoms with E-state index in [0.717, 1.165) is 12.1 Å². The molecule has 1 N–H and O–H groups in total. The van der Waals surface area contributed by atoms with Crippen LogP contribution in [0.5, 0.6) is 5.75 Å². The van der Waals surface area contributed by atoms with Crippen molar-refractivity contribution in [3.63, 3.8) is 0 Å². The summed E-state index contributed by atoms with van der Waals surface area (Å²) in [5, 5.41) is 14.2. The average Bonchev–Trinajstić information content (AvgIpc) is 2.44. The van der Waals surface area contributed by atoms with Crippen LogP contribution in [0.1, 0.15) is 19.4 Å². The molecule has 0 aliphatic carbocycles. The zero-order chi connectivity index (χ0) is 15.8. The minimum Gasteiger partial charge on any atom is -0.475 e. The van der Waals surface area contributed by atoms with E-state index >= 15 is 0 Å². The van der Waals surface area contributed by atoms with Crippen LogP contribution in [0, 0.1) is 16.0 Å². The first-order chi connectivity index (χ1) is 9.93. The van der Waals surface area contributed by atoms with E-state index in [1.165, 1.54) is 13.2 Å². The molecule has 0 aromatic heterocycles. The number of methoxy groups -OCH3 is 1. The molecule has 0 radical (unpaired) electrons. The molecule has 116 valence electrons. The second-order valence-electron chi connectivity index (χ2n) is 4.95. The molecule has 0 amide bonds. The maximum Gasteiger partial charge on any atom is 0.343 e. The van der Waals surface area contributed by atoms with Crippen LogP contribution in [0.2, 0.25) is 0 Å². The van der Waals surface area contributed by atoms with Gasteiger partial charge in [0, 0.05) is 12.6 Å². The zero-order valence-electron chi connectivity index (χ0n) is 12.4. The van der Waals surface area contributed by atoms with Gasteiger partial charge in [0.25, 0.3) is 0 Å². The summed E-state index contributed by atoms with van der Waals surface area (Å²) >= 11 is 0. The van der Waals surface area contributed by atoms with Gasteiger partial charge < -0.3 is 14.8 Å². The molecule has 0 bridgehead atoms. The van der Waals surface area contributed by atoms with Gasteiger partial charge in [-0.15, -0.1) is 0 Å². The normalized spacial score (nSPS) is 10.5. The van der Waals surface area contributed by atoms with E-state index in [-0.39, 0.29) is 18.0 Å². The predicted molar refractivity (Wildman–Crippen MR) is 77.2 cm³/mol. The van der Waals surface area contributed by atoms with Crippen LogP contribution in [0.25, 0.3) is 0 Å². The maximum absolute atomic E-state index is 11.1. The summed E-state index contributed by atoms with van der Waals surface area (Å²) in [5.74, 6) is -0.0139. The van der Waals surface area contributed by atoms with Gasteiger partial charge in [-0.25, -0.2) is 4.79 Å². The minimum absolute atomic E-state index is 0.0641. The second-order valence-corrected chi connectivity index (χ2v) is 4.95. The third-order valence-corrected chi connectivity index (χ3v) is 2.68. The molecule has 0 spiro atoms. The van der Waals surface area contributed by atoms with Gasteiger partial charge in [0.05, 0.1) is 12.0 Å². The first-order valence-electron chi connectivity index (χ1n) is 6.61. The molecule has 0 aliphatic rings. The fourth-order valence-corrected chi connectivity index (χ4v) is 1.64. The Kier molecular flexibility index (Phi) is 6.61. The molecule has 7 heteroatoms. The highest BCUT2D eigenvalue weighted by atomic mass is 16.6. The van der Waals surface area contributed by atoms with E-state index in [9.17, 15) is 14.9 Å². The van der Waals surface area contributed by atoms with Crippen LogP contribution < -0.4 is 10.1 Å². The monoisotopic (exact) mass is 296 g/mol. The van der Waals surface area contributed by atoms with Gasteiger partial charge in [0.2, 0.25) is 0 Å². The molecule has 1 aromatic carbocycles. The van der Waals surface area contributed by atoms with Gasteiger partial charge in [-0.3, -0.25) is 10.1 Å². The van der Waals surface area contributed by atoms with Crippen molar-refractivity contribution in [2.24, 2.45) is 5.92 Å². The molecule has 0 aliphatic heterocycles. The summed E-state index contributed by atoms with van der Waals surface area (Å²) in [4.78, 5) is 21.5. The topological polar surface area (TPSA) is 90.7 Å². The molecule has 21 heavy (non-hydrogen) atoms. The molecule has 0 fully saturated rings. The van der Waals surface area contributed by atoms with E-state index in [2.05, 4.69) is 23.9 Å². The van der Waals surface area contributed by atoms with Crippen molar-refractivity contribution in [3.05, 3.63) is 33.9 Å². The molecular weight excluding hydrogens is 276 g/mol. The lowest BCUT2D eigenvalue weighted by Crippen LogP contribution is -2.19. The molecule has 0 unspecified atom stereocenters. The highest BCUT2D eigenvalue weighted by molar-refractivity contribution is 5.71. The number of ether oxygens (including phenoxy) is 2. The largest absolute Gasteiger partial charge is 0.475 e. The molecule has 1 aromatic rings. The van der Waals surface area contributed by atoms with Gasteiger partial charge in [-0.1, -0.05) is 19.9 Å². The number of hydrogen-bond acceptors (Lipinski definition) is 6. The van der Waals surface area contributed by atoms with Crippen LogP contribution in [0.4, 0.5) is 5.69 Å². The Morgan fingerprint density at radius 1 is 1.43 bits per heavy atom. The smallest absolute Gasteiger partial charge is 0.343 e. The first-order valence-corrected chi connectivity index (χ1v) is 6.61. The molecule has 0 heterocycles. The minimum atomic E-state index is -0.590. The third kappa shape index (κ3) is 5.78. The van der Waals surface area contributed by atoms with Crippen molar-refractivity contribution < 1.29 is 19.2 Å². The number of nitro benzene ring substituents is 1. The Morgan fingerprint density at radius 2 is 2.14 bits per heavy atom. The average molecular weight is 296 g/mol. The van der Waals surface area contributed by atoms with E-state index in [0.29, 0.717) is 12.5 Å². The summed E-state index contributed by atoms with van der Waals surface area (Å²) in [7, 11) is 1.23. The maximum atomic E-state index is 11.1. The number of esters is 1. The highest BCUT2D eigenvalue weighted by Crippen LogP contribution is 2.28. The highest BCUT2D eigenvalue weighted by Gasteiger charge is 2.17. The Labute approximate surface area is 123 Å². The Balaban J connectivity index is 2.79. The van der Waals surface area contributed by atoms with Gasteiger partial charge in [-0.05, 0) is 24.1 Å². The fourth-order valence-electron chi connectivity index (χ4n) is 1.64. The summed E-state index contributed by atoms with van der Waals surface area (Å²) in [6.45, 7) is 5.24. The summed E-state index contributed by atoms with van der Waals surface area (Å²) < 4.78 is 9.62. The van der Waals surface area contributed by atoms with Crippen molar-refractivity contribution in [1.29, 1.82) is 0 Å². The third-order valence-electron chi connectivity index (χ3n) is 2.68. The standard InChI is InChI=1S/C14H20N2O5/c1-10(2)7-15-8-11-4-5-12(16(18)19)13(6-11)21-9-14(17)20-3/h4-6,10,15H,7-9H2,1-3H3. The molecular formula is C14H20N2O5. The molecule has 0 atom stereocenters. The molecule has 1 rings (SSSR count). The van der Waals surface area contributed by atoms with E-state index in [1.807, 2.05) is 0 Å². The van der Waals surface area contributed by atoms with Crippen molar-refractivity contribution in [3.8, 4) is 5.75 Å². The Morgan fingerprint density at radius 3 is 2.71 bits per heavy atom. The van der Waals surface area contributed by atoms with Crippen LogP contribution >= 0.6 is 0 Å².